The van der Waals surface area contributed by atoms with E-state index in [1.165, 1.54) is 20.0 Å². The predicted molar refractivity (Wildman–Crippen MR) is 70.4 cm³/mol. The molecule has 0 aliphatic heterocycles. The third kappa shape index (κ3) is 3.32. The fourth-order valence-electron chi connectivity index (χ4n) is 2.58. The number of hydrogen-bond acceptors (Lipinski definition) is 5. The topological polar surface area (TPSA) is 60.2 Å². The van der Waals surface area contributed by atoms with Crippen molar-refractivity contribution in [2.45, 2.75) is 45.2 Å². The molecule has 0 aromatic carbocycles. The Balaban J connectivity index is 2.08. The molecule has 0 radical (unpaired) electrons. The standard InChI is InChI=1S/C13H22N4O2/c1-10-14-15-12(16(10)2)8-17(9-13(18)19-3)11-6-4-5-7-11/h11H,4-9H2,1-3H3. The van der Waals surface area contributed by atoms with Crippen molar-refractivity contribution in [2.75, 3.05) is 13.7 Å². The molecule has 0 atom stereocenters. The van der Waals surface area contributed by atoms with E-state index in [9.17, 15) is 4.79 Å². The minimum Gasteiger partial charge on any atom is -0.468 e. The molecule has 1 saturated carbocycles. The van der Waals surface area contributed by atoms with E-state index < -0.39 is 0 Å². The van der Waals surface area contributed by atoms with E-state index in [2.05, 4.69) is 15.1 Å². The van der Waals surface area contributed by atoms with Crippen LogP contribution in [0.15, 0.2) is 0 Å². The molecule has 0 bridgehead atoms. The number of aryl methyl sites for hydroxylation is 1. The van der Waals surface area contributed by atoms with Crippen LogP contribution in [-0.2, 0) is 23.1 Å². The summed E-state index contributed by atoms with van der Waals surface area (Å²) >= 11 is 0. The third-order valence-corrected chi connectivity index (χ3v) is 3.93. The van der Waals surface area contributed by atoms with E-state index in [4.69, 9.17) is 4.74 Å². The van der Waals surface area contributed by atoms with Gasteiger partial charge in [-0.15, -0.1) is 10.2 Å². The monoisotopic (exact) mass is 266 g/mol. The second kappa shape index (κ2) is 6.14. The lowest BCUT2D eigenvalue weighted by Gasteiger charge is -2.26. The highest BCUT2D eigenvalue weighted by atomic mass is 16.5. The number of aromatic nitrogens is 3. The fraction of sp³-hybridized carbons (Fsp3) is 0.769. The molecule has 1 fully saturated rings. The quantitative estimate of drug-likeness (QED) is 0.745. The van der Waals surface area contributed by atoms with Crippen LogP contribution in [0.5, 0.6) is 0 Å². The van der Waals surface area contributed by atoms with Gasteiger partial charge in [-0.2, -0.15) is 0 Å². The predicted octanol–water partition coefficient (Wildman–Crippen LogP) is 1.04. The van der Waals surface area contributed by atoms with Gasteiger partial charge < -0.3 is 9.30 Å². The van der Waals surface area contributed by atoms with Gasteiger partial charge in [-0.1, -0.05) is 12.8 Å². The summed E-state index contributed by atoms with van der Waals surface area (Å²) in [6.45, 7) is 2.90. The average molecular weight is 266 g/mol. The van der Waals surface area contributed by atoms with Crippen molar-refractivity contribution >= 4 is 5.97 Å². The maximum Gasteiger partial charge on any atom is 0.319 e. The van der Waals surface area contributed by atoms with Gasteiger partial charge in [0.25, 0.3) is 0 Å². The van der Waals surface area contributed by atoms with Crippen LogP contribution < -0.4 is 0 Å². The molecular formula is C13H22N4O2. The highest BCUT2D eigenvalue weighted by Gasteiger charge is 2.26. The zero-order valence-corrected chi connectivity index (χ0v) is 11.9. The maximum atomic E-state index is 11.6. The number of methoxy groups -OCH3 is 1. The number of ether oxygens (including phenoxy) is 1. The van der Waals surface area contributed by atoms with Crippen LogP contribution in [0.3, 0.4) is 0 Å². The van der Waals surface area contributed by atoms with E-state index in [0.717, 1.165) is 24.5 Å². The van der Waals surface area contributed by atoms with Crippen molar-refractivity contribution in [3.05, 3.63) is 11.6 Å². The number of carbonyl (C=O) groups excluding carboxylic acids is 1. The van der Waals surface area contributed by atoms with Gasteiger partial charge in [0.15, 0.2) is 0 Å². The summed E-state index contributed by atoms with van der Waals surface area (Å²) < 4.78 is 6.76. The summed E-state index contributed by atoms with van der Waals surface area (Å²) in [6, 6.07) is 0.455. The Hall–Kier alpha value is -1.43. The number of hydrogen-bond donors (Lipinski definition) is 0. The Labute approximate surface area is 113 Å². The summed E-state index contributed by atoms with van der Waals surface area (Å²) in [4.78, 5) is 13.7. The SMILES string of the molecule is COC(=O)CN(Cc1nnc(C)n1C)C1CCCC1. The van der Waals surface area contributed by atoms with Gasteiger partial charge in [0.1, 0.15) is 11.6 Å². The highest BCUT2D eigenvalue weighted by molar-refractivity contribution is 5.71. The Bertz CT molecular complexity index is 438. The van der Waals surface area contributed by atoms with Gasteiger partial charge in [-0.05, 0) is 19.8 Å². The van der Waals surface area contributed by atoms with Crippen LogP contribution in [0.25, 0.3) is 0 Å². The molecule has 1 aliphatic carbocycles. The van der Waals surface area contributed by atoms with Crippen LogP contribution in [-0.4, -0.2) is 45.3 Å². The van der Waals surface area contributed by atoms with Crippen molar-refractivity contribution in [1.82, 2.24) is 19.7 Å². The molecule has 0 amide bonds. The van der Waals surface area contributed by atoms with Crippen molar-refractivity contribution in [1.29, 1.82) is 0 Å². The van der Waals surface area contributed by atoms with Crippen LogP contribution in [0.4, 0.5) is 0 Å². The molecule has 19 heavy (non-hydrogen) atoms. The number of esters is 1. The molecule has 6 heteroatoms. The molecule has 1 aliphatic rings. The van der Waals surface area contributed by atoms with Crippen molar-refractivity contribution in [3.63, 3.8) is 0 Å². The molecule has 106 valence electrons. The van der Waals surface area contributed by atoms with E-state index in [1.807, 2.05) is 18.5 Å². The molecule has 0 saturated heterocycles. The van der Waals surface area contributed by atoms with Gasteiger partial charge >= 0.3 is 5.97 Å². The molecule has 0 spiro atoms. The molecule has 0 unspecified atom stereocenters. The minimum atomic E-state index is -0.189. The molecule has 1 heterocycles. The van der Waals surface area contributed by atoms with Gasteiger partial charge in [0.2, 0.25) is 0 Å². The van der Waals surface area contributed by atoms with Gasteiger partial charge in [0, 0.05) is 13.1 Å². The molecule has 2 rings (SSSR count). The van der Waals surface area contributed by atoms with Crippen LogP contribution >= 0.6 is 0 Å². The Morgan fingerprint density at radius 3 is 2.63 bits per heavy atom. The number of rotatable bonds is 5. The smallest absolute Gasteiger partial charge is 0.319 e. The number of carbonyl (C=O) groups is 1. The van der Waals surface area contributed by atoms with Crippen LogP contribution in [0.1, 0.15) is 37.3 Å². The Morgan fingerprint density at radius 1 is 1.42 bits per heavy atom. The summed E-state index contributed by atoms with van der Waals surface area (Å²) in [5.41, 5.74) is 0. The Kier molecular flexibility index (Phi) is 4.52. The number of nitrogens with zero attached hydrogens (tertiary/aromatic N) is 4. The van der Waals surface area contributed by atoms with Crippen LogP contribution in [0, 0.1) is 6.92 Å². The van der Waals surface area contributed by atoms with Gasteiger partial charge in [0.05, 0.1) is 20.2 Å². The lowest BCUT2D eigenvalue weighted by molar-refractivity contribution is -0.142. The van der Waals surface area contributed by atoms with Crippen LogP contribution in [0.2, 0.25) is 0 Å². The maximum absolute atomic E-state index is 11.6. The largest absolute Gasteiger partial charge is 0.468 e. The van der Waals surface area contributed by atoms with E-state index in [-0.39, 0.29) is 5.97 Å². The first-order valence-corrected chi connectivity index (χ1v) is 6.77. The van der Waals surface area contributed by atoms with E-state index >= 15 is 0 Å². The summed E-state index contributed by atoms with van der Waals surface area (Å²) in [6.07, 6.45) is 4.77. The molecular weight excluding hydrogens is 244 g/mol. The molecule has 1 aromatic heterocycles. The summed E-state index contributed by atoms with van der Waals surface area (Å²) in [7, 11) is 3.39. The van der Waals surface area contributed by atoms with Gasteiger partial charge in [-0.25, -0.2) is 0 Å². The highest BCUT2D eigenvalue weighted by Crippen LogP contribution is 2.24. The molecule has 1 aromatic rings. The lowest BCUT2D eigenvalue weighted by Crippen LogP contribution is -2.38. The van der Waals surface area contributed by atoms with E-state index in [1.54, 1.807) is 0 Å². The average Bonchev–Trinajstić information content (AvgIpc) is 3.03. The Morgan fingerprint density at radius 2 is 2.11 bits per heavy atom. The fourth-order valence-corrected chi connectivity index (χ4v) is 2.58. The van der Waals surface area contributed by atoms with Crippen molar-refractivity contribution in [3.8, 4) is 0 Å². The van der Waals surface area contributed by atoms with E-state index in [0.29, 0.717) is 19.1 Å². The van der Waals surface area contributed by atoms with Crippen molar-refractivity contribution in [2.24, 2.45) is 7.05 Å². The lowest BCUT2D eigenvalue weighted by atomic mass is 10.2. The first-order chi connectivity index (χ1) is 9.11. The van der Waals surface area contributed by atoms with Gasteiger partial charge in [-0.3, -0.25) is 9.69 Å². The molecule has 0 N–H and O–H groups in total. The first kappa shape index (κ1) is 14.0. The van der Waals surface area contributed by atoms with Crippen molar-refractivity contribution < 1.29 is 9.53 Å². The summed E-state index contributed by atoms with van der Waals surface area (Å²) in [5, 5.41) is 8.24. The second-order valence-corrected chi connectivity index (χ2v) is 5.14. The first-order valence-electron chi connectivity index (χ1n) is 6.77. The molecule has 6 nitrogen and oxygen atoms in total. The third-order valence-electron chi connectivity index (χ3n) is 3.93. The normalized spacial score (nSPS) is 16.2. The minimum absolute atomic E-state index is 0.189. The summed E-state index contributed by atoms with van der Waals surface area (Å²) in [5.74, 6) is 1.60. The zero-order valence-electron chi connectivity index (χ0n) is 11.9. The second-order valence-electron chi connectivity index (χ2n) is 5.14. The zero-order chi connectivity index (χ0) is 13.8.